The van der Waals surface area contributed by atoms with Crippen LogP contribution in [0.4, 0.5) is 0 Å². The normalized spacial score (nSPS) is 17.5. The Labute approximate surface area is 108 Å². The average Bonchev–Trinajstić information content (AvgIpc) is 2.79. The maximum Gasteiger partial charge on any atom is -0.000655 e. The summed E-state index contributed by atoms with van der Waals surface area (Å²) in [5.41, 5.74) is 0. The topological polar surface area (TPSA) is 9.72 Å². The van der Waals surface area contributed by atoms with Gasteiger partial charge < -0.3 is 14.7 Å². The molecule has 3 nitrogen and oxygen atoms in total. The largest absolute Gasteiger partial charge is 0.309 e. The van der Waals surface area contributed by atoms with Crippen molar-refractivity contribution in [1.82, 2.24) is 14.7 Å². The summed E-state index contributed by atoms with van der Waals surface area (Å²) in [6, 6.07) is 0. The molecule has 1 heterocycles. The van der Waals surface area contributed by atoms with E-state index in [1.165, 1.54) is 71.5 Å². The highest BCUT2D eigenvalue weighted by Crippen LogP contribution is 2.07. The van der Waals surface area contributed by atoms with Crippen molar-refractivity contribution in [2.24, 2.45) is 0 Å². The van der Waals surface area contributed by atoms with Crippen molar-refractivity contribution in [2.75, 3.05) is 59.9 Å². The van der Waals surface area contributed by atoms with Crippen LogP contribution in [0.15, 0.2) is 0 Å². The van der Waals surface area contributed by atoms with Crippen LogP contribution in [0.25, 0.3) is 0 Å². The van der Waals surface area contributed by atoms with Gasteiger partial charge in [0.25, 0.3) is 0 Å². The lowest BCUT2D eigenvalue weighted by molar-refractivity contribution is 0.242. The third kappa shape index (κ3) is 7.02. The highest BCUT2D eigenvalue weighted by molar-refractivity contribution is 4.67. The number of nitrogens with zero attached hydrogens (tertiary/aromatic N) is 3. The zero-order valence-electron chi connectivity index (χ0n) is 12.1. The molecule has 0 spiro atoms. The van der Waals surface area contributed by atoms with Crippen LogP contribution in [0.5, 0.6) is 0 Å². The molecule has 0 aromatic rings. The maximum absolute atomic E-state index is 2.62. The van der Waals surface area contributed by atoms with Gasteiger partial charge in [0, 0.05) is 0 Å². The van der Waals surface area contributed by atoms with E-state index in [2.05, 4.69) is 35.7 Å². The third-order valence-corrected chi connectivity index (χ3v) is 3.67. The quantitative estimate of drug-likeness (QED) is 0.609. The highest BCUT2D eigenvalue weighted by atomic mass is 15.2. The Morgan fingerprint density at radius 3 is 2.18 bits per heavy atom. The minimum atomic E-state index is 1.20. The molecule has 0 aromatic heterocycles. The molecule has 0 amide bonds. The van der Waals surface area contributed by atoms with E-state index in [0.717, 1.165) is 0 Å². The summed E-state index contributed by atoms with van der Waals surface area (Å²) in [5.74, 6) is 0. The summed E-state index contributed by atoms with van der Waals surface area (Å²) in [5, 5.41) is 0. The third-order valence-electron chi connectivity index (χ3n) is 3.67. The Morgan fingerprint density at radius 2 is 1.59 bits per heavy atom. The minimum Gasteiger partial charge on any atom is -0.309 e. The monoisotopic (exact) mass is 241 g/mol. The maximum atomic E-state index is 2.62. The van der Waals surface area contributed by atoms with E-state index in [4.69, 9.17) is 0 Å². The molecule has 17 heavy (non-hydrogen) atoms. The zero-order valence-corrected chi connectivity index (χ0v) is 12.1. The minimum absolute atomic E-state index is 1.20. The molecule has 0 radical (unpaired) electrons. The molecule has 0 aromatic carbocycles. The molecule has 1 aliphatic rings. The van der Waals surface area contributed by atoms with E-state index >= 15 is 0 Å². The van der Waals surface area contributed by atoms with Crippen molar-refractivity contribution in [3.05, 3.63) is 0 Å². The van der Waals surface area contributed by atoms with Gasteiger partial charge in [-0.3, -0.25) is 0 Å². The van der Waals surface area contributed by atoms with E-state index in [0.29, 0.717) is 0 Å². The molecule has 1 saturated heterocycles. The predicted octanol–water partition coefficient (Wildman–Crippen LogP) is 1.75. The summed E-state index contributed by atoms with van der Waals surface area (Å²) >= 11 is 0. The predicted molar refractivity (Wildman–Crippen MR) is 75.6 cm³/mol. The Balaban J connectivity index is 2.01. The van der Waals surface area contributed by atoms with Crippen LogP contribution in [0.1, 0.15) is 32.6 Å². The van der Waals surface area contributed by atoms with Crippen LogP contribution in [0, 0.1) is 0 Å². The second-order valence-electron chi connectivity index (χ2n) is 5.49. The second-order valence-corrected chi connectivity index (χ2v) is 5.49. The van der Waals surface area contributed by atoms with Crippen molar-refractivity contribution in [2.45, 2.75) is 32.6 Å². The Morgan fingerprint density at radius 1 is 0.941 bits per heavy atom. The summed E-state index contributed by atoms with van der Waals surface area (Å²) in [6.45, 7) is 11.2. The first-order valence-corrected chi connectivity index (χ1v) is 7.32. The van der Waals surface area contributed by atoms with Crippen molar-refractivity contribution < 1.29 is 0 Å². The number of hydrogen-bond acceptors (Lipinski definition) is 3. The lowest BCUT2D eigenvalue weighted by Crippen LogP contribution is -2.30. The zero-order chi connectivity index (χ0) is 12.5. The van der Waals surface area contributed by atoms with E-state index in [9.17, 15) is 0 Å². The fourth-order valence-corrected chi connectivity index (χ4v) is 2.56. The van der Waals surface area contributed by atoms with E-state index < -0.39 is 0 Å². The van der Waals surface area contributed by atoms with Gasteiger partial charge in [-0.2, -0.15) is 0 Å². The standard InChI is InChI=1S/C14H31N3/c1-4-16(12-7-9-15(2)3)13-8-14-17-10-5-6-11-17/h4-14H2,1-3H3. The van der Waals surface area contributed by atoms with Crippen molar-refractivity contribution in [1.29, 1.82) is 0 Å². The molecule has 1 aliphatic heterocycles. The summed E-state index contributed by atoms with van der Waals surface area (Å²) in [6.07, 6.45) is 5.47. The highest BCUT2D eigenvalue weighted by Gasteiger charge is 2.11. The second kappa shape index (κ2) is 8.90. The van der Waals surface area contributed by atoms with E-state index in [1.807, 2.05) is 0 Å². The molecule has 0 atom stereocenters. The lowest BCUT2D eigenvalue weighted by atomic mass is 10.3. The number of likely N-dealkylation sites (tertiary alicyclic amines) is 1. The van der Waals surface area contributed by atoms with Gasteiger partial charge >= 0.3 is 0 Å². The molecule has 1 rings (SSSR count). The van der Waals surface area contributed by atoms with Crippen LogP contribution >= 0.6 is 0 Å². The molecule has 0 N–H and O–H groups in total. The first kappa shape index (κ1) is 14.9. The molecule has 102 valence electrons. The van der Waals surface area contributed by atoms with Gasteiger partial charge in [-0.05, 0) is 85.6 Å². The Hall–Kier alpha value is -0.120. The van der Waals surface area contributed by atoms with E-state index in [1.54, 1.807) is 0 Å². The fourth-order valence-electron chi connectivity index (χ4n) is 2.56. The van der Waals surface area contributed by atoms with E-state index in [-0.39, 0.29) is 0 Å². The van der Waals surface area contributed by atoms with Gasteiger partial charge in [-0.25, -0.2) is 0 Å². The van der Waals surface area contributed by atoms with Crippen LogP contribution < -0.4 is 0 Å². The Bertz CT molecular complexity index is 176. The van der Waals surface area contributed by atoms with Crippen LogP contribution in [-0.4, -0.2) is 74.6 Å². The van der Waals surface area contributed by atoms with Gasteiger partial charge in [-0.1, -0.05) is 6.92 Å². The Kier molecular flexibility index (Phi) is 7.82. The van der Waals surface area contributed by atoms with Crippen LogP contribution in [0.3, 0.4) is 0 Å². The fraction of sp³-hybridized carbons (Fsp3) is 1.00. The molecule has 0 unspecified atom stereocenters. The summed E-state index contributed by atoms with van der Waals surface area (Å²) in [7, 11) is 4.31. The molecule has 1 fully saturated rings. The van der Waals surface area contributed by atoms with Crippen LogP contribution in [0.2, 0.25) is 0 Å². The molecular formula is C14H31N3. The summed E-state index contributed by atoms with van der Waals surface area (Å²) < 4.78 is 0. The van der Waals surface area contributed by atoms with Gasteiger partial charge in [0.2, 0.25) is 0 Å². The average molecular weight is 241 g/mol. The molecular weight excluding hydrogens is 210 g/mol. The first-order chi connectivity index (χ1) is 8.22. The SMILES string of the molecule is CCN(CCCN(C)C)CCCN1CCCC1. The van der Waals surface area contributed by atoms with Gasteiger partial charge in [-0.15, -0.1) is 0 Å². The summed E-state index contributed by atoms with van der Waals surface area (Å²) in [4.78, 5) is 7.49. The van der Waals surface area contributed by atoms with Gasteiger partial charge in [0.05, 0.1) is 0 Å². The van der Waals surface area contributed by atoms with Gasteiger partial charge in [0.1, 0.15) is 0 Å². The molecule has 3 heteroatoms. The van der Waals surface area contributed by atoms with Crippen molar-refractivity contribution >= 4 is 0 Å². The lowest BCUT2D eigenvalue weighted by Gasteiger charge is -2.23. The van der Waals surface area contributed by atoms with Crippen LogP contribution in [-0.2, 0) is 0 Å². The molecule has 0 bridgehead atoms. The van der Waals surface area contributed by atoms with Crippen molar-refractivity contribution in [3.63, 3.8) is 0 Å². The molecule has 0 saturated carbocycles. The molecule has 0 aliphatic carbocycles. The first-order valence-electron chi connectivity index (χ1n) is 7.32. The number of hydrogen-bond donors (Lipinski definition) is 0. The van der Waals surface area contributed by atoms with Crippen molar-refractivity contribution in [3.8, 4) is 0 Å². The van der Waals surface area contributed by atoms with Gasteiger partial charge in [0.15, 0.2) is 0 Å². The number of rotatable bonds is 9. The smallest absolute Gasteiger partial charge is 0.000655 e.